The van der Waals surface area contributed by atoms with E-state index >= 15 is 0 Å². The smallest absolute Gasteiger partial charge is 0.410 e. The molecular formula is C33H50N6O4. The molecule has 3 rings (SSSR count). The number of aromatic nitrogens is 2. The molecule has 0 saturated carbocycles. The Hall–Kier alpha value is -3.69. The van der Waals surface area contributed by atoms with Crippen LogP contribution in [-0.4, -0.2) is 71.4 Å². The molecule has 10 nitrogen and oxygen atoms in total. The fourth-order valence-electron chi connectivity index (χ4n) is 5.14. The number of ketones is 1. The topological polar surface area (TPSA) is 108 Å². The van der Waals surface area contributed by atoms with E-state index in [2.05, 4.69) is 10.3 Å². The predicted molar refractivity (Wildman–Crippen MR) is 172 cm³/mol. The molecule has 1 aliphatic rings. The SMILES string of the molecule is CCN(CC)c1ncc(N(CC)C(=O)C(C)C)c(N[C@H](Cc2ccc(OC(=O)N3CCCC3)cc2)C(=O)CC(C)(C)C)n1. The Kier molecular flexibility index (Phi) is 11.9. The van der Waals surface area contributed by atoms with Gasteiger partial charge in [-0.25, -0.2) is 9.78 Å². The molecule has 236 valence electrons. The van der Waals surface area contributed by atoms with Crippen LogP contribution in [-0.2, 0) is 16.0 Å². The first-order chi connectivity index (χ1) is 20.4. The van der Waals surface area contributed by atoms with E-state index in [1.54, 1.807) is 28.1 Å². The van der Waals surface area contributed by atoms with E-state index in [0.717, 1.165) is 44.6 Å². The summed E-state index contributed by atoms with van der Waals surface area (Å²) in [7, 11) is 0. The molecule has 0 spiro atoms. The Labute approximate surface area is 257 Å². The minimum Gasteiger partial charge on any atom is -0.410 e. The summed E-state index contributed by atoms with van der Waals surface area (Å²) in [5.41, 5.74) is 1.25. The molecule has 1 aromatic heterocycles. The van der Waals surface area contributed by atoms with Gasteiger partial charge in [-0.1, -0.05) is 46.8 Å². The van der Waals surface area contributed by atoms with Crippen molar-refractivity contribution in [2.24, 2.45) is 11.3 Å². The van der Waals surface area contributed by atoms with Gasteiger partial charge in [-0.3, -0.25) is 9.59 Å². The van der Waals surface area contributed by atoms with Gasteiger partial charge in [0.1, 0.15) is 11.4 Å². The molecule has 0 aliphatic carbocycles. The molecular weight excluding hydrogens is 544 g/mol. The maximum absolute atomic E-state index is 13.8. The molecule has 1 aliphatic heterocycles. The monoisotopic (exact) mass is 594 g/mol. The van der Waals surface area contributed by atoms with Gasteiger partial charge in [-0.05, 0) is 63.1 Å². The van der Waals surface area contributed by atoms with E-state index < -0.39 is 6.04 Å². The maximum atomic E-state index is 13.8. The molecule has 1 N–H and O–H groups in total. The van der Waals surface area contributed by atoms with E-state index in [1.165, 1.54) is 0 Å². The van der Waals surface area contributed by atoms with Crippen molar-refractivity contribution in [3.05, 3.63) is 36.0 Å². The number of hydrogen-bond acceptors (Lipinski definition) is 8. The average molecular weight is 595 g/mol. The summed E-state index contributed by atoms with van der Waals surface area (Å²) in [4.78, 5) is 54.3. The first-order valence-electron chi connectivity index (χ1n) is 15.6. The van der Waals surface area contributed by atoms with Crippen LogP contribution in [0.3, 0.4) is 0 Å². The Morgan fingerprint density at radius 1 is 1.00 bits per heavy atom. The van der Waals surface area contributed by atoms with Crippen molar-refractivity contribution in [3.63, 3.8) is 0 Å². The highest BCUT2D eigenvalue weighted by molar-refractivity contribution is 5.98. The van der Waals surface area contributed by atoms with Crippen molar-refractivity contribution in [1.29, 1.82) is 0 Å². The zero-order valence-corrected chi connectivity index (χ0v) is 27.3. The number of hydrogen-bond donors (Lipinski definition) is 1. The number of Topliss-reactive ketones (excluding diaryl/α,β-unsaturated/α-hetero) is 1. The maximum Gasteiger partial charge on any atom is 0.415 e. The second kappa shape index (κ2) is 15.2. The minimum absolute atomic E-state index is 0.0404. The van der Waals surface area contributed by atoms with Gasteiger partial charge in [-0.2, -0.15) is 4.98 Å². The number of amides is 2. The Bertz CT molecular complexity index is 1230. The zero-order chi connectivity index (χ0) is 31.7. The van der Waals surface area contributed by atoms with Gasteiger partial charge < -0.3 is 24.8 Å². The van der Waals surface area contributed by atoms with E-state index in [0.29, 0.717) is 42.6 Å². The van der Waals surface area contributed by atoms with Crippen LogP contribution in [0.5, 0.6) is 5.75 Å². The van der Waals surface area contributed by atoms with Crippen molar-refractivity contribution >= 4 is 35.2 Å². The van der Waals surface area contributed by atoms with Gasteiger partial charge in [0.25, 0.3) is 0 Å². The minimum atomic E-state index is -0.608. The van der Waals surface area contributed by atoms with Gasteiger partial charge in [0, 0.05) is 45.1 Å². The lowest BCUT2D eigenvalue weighted by atomic mass is 9.86. The third-order valence-corrected chi connectivity index (χ3v) is 7.51. The van der Waals surface area contributed by atoms with Crippen molar-refractivity contribution < 1.29 is 19.1 Å². The highest BCUT2D eigenvalue weighted by Crippen LogP contribution is 2.30. The summed E-state index contributed by atoms with van der Waals surface area (Å²) in [6.45, 7) is 19.2. The fraction of sp³-hybridized carbons (Fsp3) is 0.606. The fourth-order valence-corrected chi connectivity index (χ4v) is 5.14. The number of anilines is 3. The Morgan fingerprint density at radius 3 is 2.16 bits per heavy atom. The normalized spacial score (nSPS) is 14.0. The van der Waals surface area contributed by atoms with Gasteiger partial charge in [0.05, 0.1) is 12.2 Å². The van der Waals surface area contributed by atoms with Crippen LogP contribution in [0.25, 0.3) is 0 Å². The standard InChI is InChI=1S/C33H50N6O4/c1-9-37(10-2)31-34-22-27(39(11-3)30(41)23(4)5)29(36-31)35-26(28(40)21-33(6,7)8)20-24-14-16-25(17-15-24)43-32(42)38-18-12-13-19-38/h14-17,22-23,26H,9-13,18-21H2,1-8H3,(H,34,35,36)/t26-/m1/s1. The van der Waals surface area contributed by atoms with Crippen LogP contribution >= 0.6 is 0 Å². The second-order valence-corrected chi connectivity index (χ2v) is 12.6. The summed E-state index contributed by atoms with van der Waals surface area (Å²) in [5, 5.41) is 3.44. The highest BCUT2D eigenvalue weighted by Gasteiger charge is 2.29. The third kappa shape index (κ3) is 9.40. The molecule has 2 aromatic rings. The molecule has 43 heavy (non-hydrogen) atoms. The number of ether oxygens (including phenoxy) is 1. The van der Waals surface area contributed by atoms with Crippen molar-refractivity contribution in [3.8, 4) is 5.75 Å². The number of nitrogens with zero attached hydrogens (tertiary/aromatic N) is 5. The highest BCUT2D eigenvalue weighted by atomic mass is 16.6. The van der Waals surface area contributed by atoms with Crippen LogP contribution in [0.4, 0.5) is 22.2 Å². The molecule has 0 bridgehead atoms. The summed E-state index contributed by atoms with van der Waals surface area (Å²) in [6, 6.07) is 6.69. The molecule has 1 saturated heterocycles. The summed E-state index contributed by atoms with van der Waals surface area (Å²) in [5.74, 6) is 1.25. The van der Waals surface area contributed by atoms with Crippen molar-refractivity contribution in [1.82, 2.24) is 14.9 Å². The molecule has 2 amide bonds. The summed E-state index contributed by atoms with van der Waals surface area (Å²) in [6.07, 6.45) is 4.10. The number of nitrogens with one attached hydrogen (secondary N) is 1. The number of carbonyl (C=O) groups is 3. The molecule has 1 aromatic carbocycles. The lowest BCUT2D eigenvalue weighted by Gasteiger charge is -2.29. The van der Waals surface area contributed by atoms with E-state index in [1.807, 2.05) is 72.4 Å². The predicted octanol–water partition coefficient (Wildman–Crippen LogP) is 5.95. The Morgan fingerprint density at radius 2 is 1.63 bits per heavy atom. The van der Waals surface area contributed by atoms with Gasteiger partial charge in [0.2, 0.25) is 11.9 Å². The van der Waals surface area contributed by atoms with Crippen LogP contribution in [0.1, 0.15) is 80.2 Å². The third-order valence-electron chi connectivity index (χ3n) is 7.51. The molecule has 10 heteroatoms. The average Bonchev–Trinajstić information content (AvgIpc) is 3.50. The first kappa shape index (κ1) is 33.8. The number of benzene rings is 1. The Balaban J connectivity index is 1.95. The first-order valence-corrected chi connectivity index (χ1v) is 15.6. The lowest BCUT2D eigenvalue weighted by molar-refractivity contribution is -0.122. The summed E-state index contributed by atoms with van der Waals surface area (Å²) >= 11 is 0. The molecule has 0 unspecified atom stereocenters. The molecule has 1 atom stereocenters. The van der Waals surface area contributed by atoms with Gasteiger partial charge in [-0.15, -0.1) is 0 Å². The van der Waals surface area contributed by atoms with Crippen molar-refractivity contribution in [2.45, 2.75) is 87.1 Å². The van der Waals surface area contributed by atoms with Crippen LogP contribution in [0.2, 0.25) is 0 Å². The van der Waals surface area contributed by atoms with E-state index in [9.17, 15) is 14.4 Å². The zero-order valence-electron chi connectivity index (χ0n) is 27.3. The van der Waals surface area contributed by atoms with Gasteiger partial charge in [0.15, 0.2) is 11.6 Å². The number of rotatable bonds is 13. The largest absolute Gasteiger partial charge is 0.415 e. The second-order valence-electron chi connectivity index (χ2n) is 12.6. The van der Waals surface area contributed by atoms with Crippen LogP contribution in [0.15, 0.2) is 30.5 Å². The van der Waals surface area contributed by atoms with Gasteiger partial charge >= 0.3 is 6.09 Å². The quantitative estimate of drug-likeness (QED) is 0.303. The molecule has 0 radical (unpaired) electrons. The number of carbonyl (C=O) groups excluding carboxylic acids is 3. The van der Waals surface area contributed by atoms with Crippen LogP contribution in [0, 0.1) is 11.3 Å². The van der Waals surface area contributed by atoms with Crippen molar-refractivity contribution in [2.75, 3.05) is 47.8 Å². The lowest BCUT2D eigenvalue weighted by Crippen LogP contribution is -2.38. The van der Waals surface area contributed by atoms with E-state index in [4.69, 9.17) is 9.72 Å². The summed E-state index contributed by atoms with van der Waals surface area (Å²) < 4.78 is 5.57. The number of likely N-dealkylation sites (tertiary alicyclic amines) is 1. The van der Waals surface area contributed by atoms with E-state index in [-0.39, 0.29) is 29.1 Å². The molecule has 2 heterocycles. The molecule has 1 fully saturated rings. The van der Waals surface area contributed by atoms with Crippen LogP contribution < -0.4 is 19.9 Å².